The van der Waals surface area contributed by atoms with Crippen molar-refractivity contribution in [2.75, 3.05) is 24.8 Å². The van der Waals surface area contributed by atoms with Gasteiger partial charge in [-0.15, -0.1) is 0 Å². The van der Waals surface area contributed by atoms with Gasteiger partial charge in [-0.05, 0) is 30.5 Å². The number of rotatable bonds is 9. The van der Waals surface area contributed by atoms with E-state index in [0.29, 0.717) is 46.5 Å². The number of benzene rings is 1. The molecule has 3 rings (SSSR count). The highest BCUT2D eigenvalue weighted by Gasteiger charge is 2.15. The Balaban J connectivity index is 1.79. The molecule has 0 spiro atoms. The Morgan fingerprint density at radius 3 is 2.87 bits per heavy atom. The van der Waals surface area contributed by atoms with E-state index in [9.17, 15) is 9.59 Å². The molecule has 2 aromatic heterocycles. The monoisotopic (exact) mass is 450 g/mol. The lowest BCUT2D eigenvalue weighted by Gasteiger charge is -2.13. The molecular weight excluding hydrogens is 428 g/mol. The van der Waals surface area contributed by atoms with Crippen LogP contribution in [0, 0.1) is 0 Å². The van der Waals surface area contributed by atoms with E-state index < -0.39 is 0 Å². The Hall–Kier alpha value is -2.36. The SMILES string of the molecule is COCCCn1c(SCC(=O)Nc2cc(C(C)C)no2)nc2cc(Cl)ccc2c1=O. The van der Waals surface area contributed by atoms with Crippen molar-refractivity contribution in [2.45, 2.75) is 37.9 Å². The zero-order valence-corrected chi connectivity index (χ0v) is 18.5. The van der Waals surface area contributed by atoms with E-state index in [4.69, 9.17) is 20.9 Å². The third kappa shape index (κ3) is 5.41. The number of ether oxygens (including phenoxy) is 1. The fourth-order valence-corrected chi connectivity index (χ4v) is 3.76. The number of aromatic nitrogens is 3. The van der Waals surface area contributed by atoms with Gasteiger partial charge < -0.3 is 9.26 Å². The number of fused-ring (bicyclic) bond motifs is 1. The van der Waals surface area contributed by atoms with Crippen molar-refractivity contribution in [3.8, 4) is 0 Å². The van der Waals surface area contributed by atoms with Gasteiger partial charge in [0.1, 0.15) is 0 Å². The number of halogens is 1. The Bertz CT molecular complexity index is 1100. The quantitative estimate of drug-likeness (QED) is 0.299. The van der Waals surface area contributed by atoms with Crippen molar-refractivity contribution >= 4 is 46.1 Å². The first-order chi connectivity index (χ1) is 14.4. The van der Waals surface area contributed by atoms with Gasteiger partial charge in [-0.3, -0.25) is 19.5 Å². The maximum atomic E-state index is 13.0. The van der Waals surface area contributed by atoms with E-state index in [2.05, 4.69) is 15.5 Å². The fourth-order valence-electron chi connectivity index (χ4n) is 2.77. The van der Waals surface area contributed by atoms with Crippen molar-refractivity contribution in [1.29, 1.82) is 0 Å². The predicted octanol–water partition coefficient (Wildman–Crippen LogP) is 3.93. The van der Waals surface area contributed by atoms with E-state index in [1.54, 1.807) is 35.9 Å². The molecule has 10 heteroatoms. The molecule has 8 nitrogen and oxygen atoms in total. The van der Waals surface area contributed by atoms with Crippen LogP contribution in [0.25, 0.3) is 10.9 Å². The lowest BCUT2D eigenvalue weighted by atomic mass is 10.1. The van der Waals surface area contributed by atoms with Crippen molar-refractivity contribution in [2.24, 2.45) is 0 Å². The average Bonchev–Trinajstić information content (AvgIpc) is 3.17. The highest BCUT2D eigenvalue weighted by atomic mass is 35.5. The summed E-state index contributed by atoms with van der Waals surface area (Å²) >= 11 is 7.23. The molecule has 3 aromatic rings. The smallest absolute Gasteiger partial charge is 0.262 e. The van der Waals surface area contributed by atoms with Gasteiger partial charge in [-0.2, -0.15) is 0 Å². The number of anilines is 1. The third-order valence-electron chi connectivity index (χ3n) is 4.33. The van der Waals surface area contributed by atoms with Crippen LogP contribution >= 0.6 is 23.4 Å². The van der Waals surface area contributed by atoms with Crippen LogP contribution in [-0.4, -0.2) is 40.1 Å². The largest absolute Gasteiger partial charge is 0.385 e. The minimum atomic E-state index is -0.282. The molecule has 2 heterocycles. The second kappa shape index (κ2) is 10.1. The summed E-state index contributed by atoms with van der Waals surface area (Å²) in [7, 11) is 1.61. The summed E-state index contributed by atoms with van der Waals surface area (Å²) < 4.78 is 11.8. The molecular formula is C20H23ClN4O4S. The molecule has 0 saturated heterocycles. The minimum Gasteiger partial charge on any atom is -0.385 e. The summed E-state index contributed by atoms with van der Waals surface area (Å²) in [5, 5.41) is 8.01. The Labute approximate surface area is 182 Å². The molecule has 0 atom stereocenters. The molecule has 0 unspecified atom stereocenters. The zero-order chi connectivity index (χ0) is 21.7. The molecule has 1 aromatic carbocycles. The van der Waals surface area contributed by atoms with Crippen LogP contribution < -0.4 is 10.9 Å². The zero-order valence-electron chi connectivity index (χ0n) is 17.0. The summed E-state index contributed by atoms with van der Waals surface area (Å²) in [5.41, 5.74) is 1.08. The first-order valence-corrected chi connectivity index (χ1v) is 10.8. The highest BCUT2D eigenvalue weighted by molar-refractivity contribution is 7.99. The van der Waals surface area contributed by atoms with Crippen molar-refractivity contribution in [3.05, 3.63) is 45.3 Å². The first kappa shape index (κ1) is 22.3. The lowest BCUT2D eigenvalue weighted by molar-refractivity contribution is -0.113. The van der Waals surface area contributed by atoms with Gasteiger partial charge in [0.2, 0.25) is 11.8 Å². The summed E-state index contributed by atoms with van der Waals surface area (Å²) in [4.78, 5) is 29.9. The van der Waals surface area contributed by atoms with Crippen molar-refractivity contribution in [3.63, 3.8) is 0 Å². The summed E-state index contributed by atoms with van der Waals surface area (Å²) in [6.07, 6.45) is 0.646. The number of hydrogen-bond acceptors (Lipinski definition) is 7. The molecule has 1 N–H and O–H groups in total. The summed E-state index contributed by atoms with van der Waals surface area (Å²) in [5.74, 6) is 0.264. The first-order valence-electron chi connectivity index (χ1n) is 9.47. The second-order valence-corrected chi connectivity index (χ2v) is 8.35. The van der Waals surface area contributed by atoms with Crippen LogP contribution in [0.5, 0.6) is 0 Å². The van der Waals surface area contributed by atoms with Crippen LogP contribution in [0.2, 0.25) is 5.02 Å². The highest BCUT2D eigenvalue weighted by Crippen LogP contribution is 2.22. The van der Waals surface area contributed by atoms with Crippen LogP contribution in [0.1, 0.15) is 31.9 Å². The lowest BCUT2D eigenvalue weighted by Crippen LogP contribution is -2.25. The maximum absolute atomic E-state index is 13.0. The van der Waals surface area contributed by atoms with Gasteiger partial charge in [0.05, 0.1) is 22.3 Å². The molecule has 0 fully saturated rings. The van der Waals surface area contributed by atoms with Crippen LogP contribution in [0.4, 0.5) is 5.88 Å². The number of nitrogens with zero attached hydrogens (tertiary/aromatic N) is 3. The Kier molecular flexibility index (Phi) is 7.52. The minimum absolute atomic E-state index is 0.0561. The molecule has 30 heavy (non-hydrogen) atoms. The van der Waals surface area contributed by atoms with Gasteiger partial charge in [-0.25, -0.2) is 4.98 Å². The second-order valence-electron chi connectivity index (χ2n) is 6.97. The normalized spacial score (nSPS) is 11.4. The molecule has 160 valence electrons. The van der Waals surface area contributed by atoms with Crippen LogP contribution in [0.3, 0.4) is 0 Å². The molecule has 0 aliphatic heterocycles. The van der Waals surface area contributed by atoms with E-state index >= 15 is 0 Å². The standard InChI is InChI=1S/C20H23ClN4O4S/c1-12(2)15-10-18(29-24-15)23-17(26)11-30-20-22-16-9-13(21)5-6-14(16)19(27)25(20)7-4-8-28-3/h5-6,9-10,12H,4,7-8,11H2,1-3H3,(H,23,26). The molecule has 0 aliphatic carbocycles. The molecule has 0 aliphatic rings. The number of amides is 1. The number of carbonyl (C=O) groups is 1. The van der Waals surface area contributed by atoms with Gasteiger partial charge >= 0.3 is 0 Å². The number of hydrogen-bond donors (Lipinski definition) is 1. The van der Waals surface area contributed by atoms with E-state index in [1.165, 1.54) is 11.8 Å². The Morgan fingerprint density at radius 2 is 2.17 bits per heavy atom. The number of nitrogens with one attached hydrogen (secondary N) is 1. The fraction of sp³-hybridized carbons (Fsp3) is 0.400. The van der Waals surface area contributed by atoms with Gasteiger partial charge in [0.25, 0.3) is 5.56 Å². The predicted molar refractivity (Wildman–Crippen MR) is 117 cm³/mol. The van der Waals surface area contributed by atoms with Crippen LogP contribution in [-0.2, 0) is 16.1 Å². The molecule has 1 amide bonds. The van der Waals surface area contributed by atoms with Crippen molar-refractivity contribution in [1.82, 2.24) is 14.7 Å². The summed E-state index contributed by atoms with van der Waals surface area (Å²) in [6, 6.07) is 6.67. The van der Waals surface area contributed by atoms with Gasteiger partial charge in [0.15, 0.2) is 5.16 Å². The van der Waals surface area contributed by atoms with Crippen LogP contribution in [0.15, 0.2) is 38.7 Å². The number of carbonyl (C=O) groups excluding carboxylic acids is 1. The van der Waals surface area contributed by atoms with E-state index in [-0.39, 0.29) is 23.1 Å². The average molecular weight is 451 g/mol. The van der Waals surface area contributed by atoms with Gasteiger partial charge in [0, 0.05) is 31.4 Å². The Morgan fingerprint density at radius 1 is 1.37 bits per heavy atom. The van der Waals surface area contributed by atoms with Gasteiger partial charge in [-0.1, -0.05) is 42.4 Å². The van der Waals surface area contributed by atoms with E-state index in [1.807, 2.05) is 13.8 Å². The van der Waals surface area contributed by atoms with E-state index in [0.717, 1.165) is 5.69 Å². The molecule has 0 bridgehead atoms. The summed E-state index contributed by atoms with van der Waals surface area (Å²) in [6.45, 7) is 4.92. The third-order valence-corrected chi connectivity index (χ3v) is 5.54. The maximum Gasteiger partial charge on any atom is 0.262 e. The number of thioether (sulfide) groups is 1. The molecule has 0 radical (unpaired) electrons. The van der Waals surface area contributed by atoms with Crippen molar-refractivity contribution < 1.29 is 14.1 Å². The number of methoxy groups -OCH3 is 1. The topological polar surface area (TPSA) is 99.2 Å². The molecule has 0 saturated carbocycles.